The van der Waals surface area contributed by atoms with E-state index in [1.807, 2.05) is 12.1 Å². The topological polar surface area (TPSA) is 40.5 Å². The summed E-state index contributed by atoms with van der Waals surface area (Å²) in [5, 5.41) is 9.16. The quantitative estimate of drug-likeness (QED) is 0.842. The lowest BCUT2D eigenvalue weighted by molar-refractivity contribution is -0.127. The van der Waals surface area contributed by atoms with Gasteiger partial charge in [0.25, 0.3) is 0 Å². The number of halogens is 1. The fourth-order valence-electron chi connectivity index (χ4n) is 1.28. The molecule has 0 saturated carbocycles. The van der Waals surface area contributed by atoms with E-state index >= 15 is 0 Å². The lowest BCUT2D eigenvalue weighted by Crippen LogP contribution is -2.30. The van der Waals surface area contributed by atoms with Crippen LogP contribution in [0.4, 0.5) is 0 Å². The van der Waals surface area contributed by atoms with Gasteiger partial charge in [-0.25, -0.2) is 0 Å². The van der Waals surface area contributed by atoms with E-state index in [9.17, 15) is 4.79 Å². The Labute approximate surface area is 121 Å². The largest absolute Gasteiger partial charge is 0.393 e. The molecule has 1 heterocycles. The average Bonchev–Trinajstić information content (AvgIpc) is 2.71. The number of aliphatic hydroxyl groups is 1. The number of hydrogen-bond acceptors (Lipinski definition) is 4. The van der Waals surface area contributed by atoms with E-state index in [1.165, 1.54) is 4.88 Å². The van der Waals surface area contributed by atoms with Crippen LogP contribution in [0.5, 0.6) is 0 Å². The Morgan fingerprint density at radius 3 is 2.89 bits per heavy atom. The lowest BCUT2D eigenvalue weighted by Gasteiger charge is -2.17. The van der Waals surface area contributed by atoms with Crippen molar-refractivity contribution >= 4 is 40.6 Å². The van der Waals surface area contributed by atoms with Crippen LogP contribution < -0.4 is 0 Å². The molecule has 0 saturated heterocycles. The molecule has 6 heteroatoms. The number of carbonyl (C=O) groups excluding carboxylic acids is 1. The number of amides is 1. The van der Waals surface area contributed by atoms with Crippen LogP contribution >= 0.6 is 34.7 Å². The van der Waals surface area contributed by atoms with Crippen molar-refractivity contribution in [2.45, 2.75) is 25.2 Å². The zero-order valence-corrected chi connectivity index (χ0v) is 12.9. The zero-order valence-electron chi connectivity index (χ0n) is 10.6. The van der Waals surface area contributed by atoms with Gasteiger partial charge in [0.15, 0.2) is 0 Å². The molecule has 0 spiro atoms. The second kappa shape index (κ2) is 8.04. The molecule has 1 aromatic rings. The number of thiophene rings is 1. The normalized spacial score (nSPS) is 12.4. The second-order valence-corrected chi connectivity index (χ2v) is 6.94. The van der Waals surface area contributed by atoms with Crippen LogP contribution in [0.25, 0.3) is 0 Å². The van der Waals surface area contributed by atoms with Crippen molar-refractivity contribution in [1.29, 1.82) is 0 Å². The summed E-state index contributed by atoms with van der Waals surface area (Å²) < 4.78 is 0.783. The monoisotopic (exact) mass is 307 g/mol. The molecule has 0 aromatic carbocycles. The number of rotatable bonds is 7. The summed E-state index contributed by atoms with van der Waals surface area (Å²) in [4.78, 5) is 14.6. The van der Waals surface area contributed by atoms with Crippen LogP contribution in [0.3, 0.4) is 0 Å². The molecule has 18 heavy (non-hydrogen) atoms. The van der Waals surface area contributed by atoms with Crippen LogP contribution in [0.15, 0.2) is 12.1 Å². The Morgan fingerprint density at radius 2 is 2.33 bits per heavy atom. The van der Waals surface area contributed by atoms with Gasteiger partial charge in [-0.05, 0) is 25.5 Å². The summed E-state index contributed by atoms with van der Waals surface area (Å²) >= 11 is 8.97. The predicted molar refractivity (Wildman–Crippen MR) is 79.4 cm³/mol. The number of nitrogens with zero attached hydrogens (tertiary/aromatic N) is 1. The highest BCUT2D eigenvalue weighted by atomic mass is 35.5. The molecule has 0 aliphatic heterocycles. The molecule has 1 unspecified atom stereocenters. The first-order valence-electron chi connectivity index (χ1n) is 5.73. The van der Waals surface area contributed by atoms with Crippen LogP contribution in [-0.4, -0.2) is 41.4 Å². The van der Waals surface area contributed by atoms with Gasteiger partial charge in [-0.2, -0.15) is 0 Å². The highest BCUT2D eigenvalue weighted by Crippen LogP contribution is 2.25. The molecule has 0 aliphatic carbocycles. The standard InChI is InChI=1S/C12H18ClNO2S2/c1-9(15)5-6-14(2)12(16)8-17-7-10-3-4-11(13)18-10/h3-4,9,15H,5-8H2,1-2H3. The maximum atomic E-state index is 11.8. The van der Waals surface area contributed by atoms with Gasteiger partial charge in [0.05, 0.1) is 16.2 Å². The number of thioether (sulfide) groups is 1. The van der Waals surface area contributed by atoms with E-state index < -0.39 is 0 Å². The Balaban J connectivity index is 2.20. The Hall–Kier alpha value is -0.230. The number of aliphatic hydroxyl groups excluding tert-OH is 1. The molecule has 1 amide bonds. The molecule has 0 bridgehead atoms. The number of carbonyl (C=O) groups is 1. The maximum absolute atomic E-state index is 11.8. The lowest BCUT2D eigenvalue weighted by atomic mass is 10.3. The van der Waals surface area contributed by atoms with Gasteiger partial charge in [0, 0.05) is 24.2 Å². The third-order valence-electron chi connectivity index (χ3n) is 2.41. The van der Waals surface area contributed by atoms with E-state index in [0.717, 1.165) is 10.1 Å². The molecule has 0 radical (unpaired) electrons. The molecule has 1 N–H and O–H groups in total. The Kier molecular flexibility index (Phi) is 7.07. The minimum Gasteiger partial charge on any atom is -0.393 e. The van der Waals surface area contributed by atoms with E-state index in [4.69, 9.17) is 16.7 Å². The Bertz CT molecular complexity index is 382. The molecule has 1 aromatic heterocycles. The summed E-state index contributed by atoms with van der Waals surface area (Å²) in [6, 6.07) is 3.86. The summed E-state index contributed by atoms with van der Waals surface area (Å²) in [5.74, 6) is 1.38. The molecule has 0 aliphatic rings. The van der Waals surface area contributed by atoms with Gasteiger partial charge in [-0.15, -0.1) is 23.1 Å². The molecule has 1 atom stereocenters. The summed E-state index contributed by atoms with van der Waals surface area (Å²) in [7, 11) is 1.77. The zero-order chi connectivity index (χ0) is 13.5. The molecule has 3 nitrogen and oxygen atoms in total. The van der Waals surface area contributed by atoms with Crippen molar-refractivity contribution < 1.29 is 9.90 Å². The summed E-state index contributed by atoms with van der Waals surface area (Å²) in [5.41, 5.74) is 0. The predicted octanol–water partition coefficient (Wildman–Crippen LogP) is 2.86. The van der Waals surface area contributed by atoms with E-state index in [0.29, 0.717) is 18.7 Å². The van der Waals surface area contributed by atoms with Crippen molar-refractivity contribution in [3.05, 3.63) is 21.3 Å². The van der Waals surface area contributed by atoms with Gasteiger partial charge >= 0.3 is 0 Å². The van der Waals surface area contributed by atoms with E-state index in [1.54, 1.807) is 42.0 Å². The van der Waals surface area contributed by atoms with Gasteiger partial charge in [-0.1, -0.05) is 11.6 Å². The average molecular weight is 308 g/mol. The van der Waals surface area contributed by atoms with Crippen molar-refractivity contribution in [3.63, 3.8) is 0 Å². The smallest absolute Gasteiger partial charge is 0.232 e. The van der Waals surface area contributed by atoms with Crippen molar-refractivity contribution in [3.8, 4) is 0 Å². The summed E-state index contributed by atoms with van der Waals surface area (Å²) in [6.07, 6.45) is 0.258. The highest BCUT2D eigenvalue weighted by molar-refractivity contribution is 7.99. The first-order valence-corrected chi connectivity index (χ1v) is 8.08. The van der Waals surface area contributed by atoms with Crippen LogP contribution in [0, 0.1) is 0 Å². The minimum absolute atomic E-state index is 0.100. The molecular formula is C12H18ClNO2S2. The third-order valence-corrected chi connectivity index (χ3v) is 4.79. The SMILES string of the molecule is CC(O)CCN(C)C(=O)CSCc1ccc(Cl)s1. The first-order chi connectivity index (χ1) is 8.49. The van der Waals surface area contributed by atoms with Crippen molar-refractivity contribution in [2.24, 2.45) is 0 Å². The summed E-state index contributed by atoms with van der Waals surface area (Å²) in [6.45, 7) is 2.33. The molecule has 102 valence electrons. The van der Waals surface area contributed by atoms with E-state index in [-0.39, 0.29) is 12.0 Å². The third kappa shape index (κ3) is 6.09. The maximum Gasteiger partial charge on any atom is 0.232 e. The van der Waals surface area contributed by atoms with Crippen LogP contribution in [0.2, 0.25) is 4.34 Å². The molecule has 0 fully saturated rings. The van der Waals surface area contributed by atoms with Crippen molar-refractivity contribution in [2.75, 3.05) is 19.3 Å². The molecule has 1 rings (SSSR count). The van der Waals surface area contributed by atoms with Crippen LogP contribution in [-0.2, 0) is 10.5 Å². The van der Waals surface area contributed by atoms with Gasteiger partial charge in [-0.3, -0.25) is 4.79 Å². The van der Waals surface area contributed by atoms with Gasteiger partial charge < -0.3 is 10.0 Å². The highest BCUT2D eigenvalue weighted by Gasteiger charge is 2.10. The number of hydrogen-bond donors (Lipinski definition) is 1. The van der Waals surface area contributed by atoms with Crippen LogP contribution in [0.1, 0.15) is 18.2 Å². The molecular weight excluding hydrogens is 290 g/mol. The fourth-order valence-corrected chi connectivity index (χ4v) is 3.45. The minimum atomic E-state index is -0.360. The van der Waals surface area contributed by atoms with E-state index in [2.05, 4.69) is 0 Å². The fraction of sp³-hybridized carbons (Fsp3) is 0.583. The van der Waals surface area contributed by atoms with Gasteiger partial charge in [0.2, 0.25) is 5.91 Å². The first kappa shape index (κ1) is 15.8. The van der Waals surface area contributed by atoms with Gasteiger partial charge in [0.1, 0.15) is 0 Å². The van der Waals surface area contributed by atoms with Crippen molar-refractivity contribution in [1.82, 2.24) is 4.90 Å². The second-order valence-electron chi connectivity index (χ2n) is 4.15. The Morgan fingerprint density at radius 1 is 1.61 bits per heavy atom.